The van der Waals surface area contributed by atoms with Crippen LogP contribution in [0, 0.1) is 11.8 Å². The molecule has 1 unspecified atom stereocenters. The van der Waals surface area contributed by atoms with Crippen LogP contribution in [0.5, 0.6) is 5.75 Å². The molecule has 4 heteroatoms. The van der Waals surface area contributed by atoms with Crippen LogP contribution >= 0.6 is 0 Å². The van der Waals surface area contributed by atoms with Crippen LogP contribution < -0.4 is 4.74 Å². The van der Waals surface area contributed by atoms with E-state index in [1.807, 2.05) is 6.07 Å². The number of aliphatic hydroxyl groups is 1. The van der Waals surface area contributed by atoms with Gasteiger partial charge in [-0.05, 0) is 49.4 Å². The monoisotopic (exact) mass is 324 g/mol. The topological polar surface area (TPSA) is 48.5 Å². The molecule has 0 aliphatic carbocycles. The number of ether oxygens (including phenoxy) is 1. The van der Waals surface area contributed by atoms with Crippen molar-refractivity contribution in [1.29, 1.82) is 0 Å². The van der Waals surface area contributed by atoms with Crippen LogP contribution in [0.25, 0.3) is 10.9 Å². The van der Waals surface area contributed by atoms with Crippen LogP contribution in [0.3, 0.4) is 0 Å². The number of methoxy groups -OCH3 is 1. The van der Waals surface area contributed by atoms with Crippen LogP contribution in [0.1, 0.15) is 30.6 Å². The van der Waals surface area contributed by atoms with E-state index in [1.165, 1.54) is 27.7 Å². The number of hydrogen-bond donors (Lipinski definition) is 2. The van der Waals surface area contributed by atoms with Gasteiger partial charge in [-0.25, -0.2) is 0 Å². The zero-order valence-corrected chi connectivity index (χ0v) is 14.2. The van der Waals surface area contributed by atoms with Crippen LogP contribution in [0.15, 0.2) is 29.8 Å². The van der Waals surface area contributed by atoms with E-state index >= 15 is 0 Å². The lowest BCUT2D eigenvalue weighted by Gasteiger charge is -2.58. The zero-order valence-electron chi connectivity index (χ0n) is 14.2. The Morgan fingerprint density at radius 1 is 1.42 bits per heavy atom. The van der Waals surface area contributed by atoms with E-state index in [1.54, 1.807) is 7.11 Å². The largest absolute Gasteiger partial charge is 0.497 e. The number of rotatable bonds is 2. The molecule has 4 nitrogen and oxygen atoms in total. The molecular formula is C20H24N2O2. The van der Waals surface area contributed by atoms with E-state index < -0.39 is 0 Å². The highest BCUT2D eigenvalue weighted by molar-refractivity contribution is 5.86. The highest BCUT2D eigenvalue weighted by atomic mass is 16.5. The highest BCUT2D eigenvalue weighted by Crippen LogP contribution is 2.54. The first-order valence-electron chi connectivity index (χ1n) is 8.95. The number of fused-ring (bicyclic) bond motifs is 4. The van der Waals surface area contributed by atoms with Crippen molar-refractivity contribution < 1.29 is 9.84 Å². The summed E-state index contributed by atoms with van der Waals surface area (Å²) in [6.07, 6.45) is 4.42. The number of nitrogens with one attached hydrogen (secondary N) is 1. The van der Waals surface area contributed by atoms with Crippen molar-refractivity contribution in [3.8, 4) is 5.75 Å². The van der Waals surface area contributed by atoms with Gasteiger partial charge in [0.05, 0.1) is 13.2 Å². The molecular weight excluding hydrogens is 300 g/mol. The van der Waals surface area contributed by atoms with Crippen molar-refractivity contribution in [2.45, 2.75) is 31.8 Å². The molecule has 3 fully saturated rings. The molecule has 4 aliphatic heterocycles. The van der Waals surface area contributed by atoms with Crippen molar-refractivity contribution in [2.24, 2.45) is 11.8 Å². The Kier molecular flexibility index (Phi) is 3.10. The summed E-state index contributed by atoms with van der Waals surface area (Å²) in [5.41, 5.74) is 5.56. The maximum absolute atomic E-state index is 10.1. The summed E-state index contributed by atoms with van der Waals surface area (Å²) in [4.78, 5) is 6.32. The number of aromatic nitrogens is 1. The molecule has 2 N–H and O–H groups in total. The van der Waals surface area contributed by atoms with E-state index in [2.05, 4.69) is 35.0 Å². The lowest BCUT2D eigenvalue weighted by atomic mass is 9.64. The smallest absolute Gasteiger partial charge is 0.119 e. The highest BCUT2D eigenvalue weighted by Gasteiger charge is 2.52. The minimum Gasteiger partial charge on any atom is -0.497 e. The Morgan fingerprint density at radius 2 is 2.29 bits per heavy atom. The number of benzene rings is 1. The summed E-state index contributed by atoms with van der Waals surface area (Å²) in [5.74, 6) is 1.82. The lowest BCUT2D eigenvalue weighted by molar-refractivity contribution is -0.0503. The minimum atomic E-state index is 0.289. The third-order valence-corrected chi connectivity index (χ3v) is 6.63. The number of allylic oxidation sites excluding steroid dienone is 1. The van der Waals surface area contributed by atoms with Crippen molar-refractivity contribution in [3.05, 3.63) is 41.1 Å². The average Bonchev–Trinajstić information content (AvgIpc) is 2.99. The first-order valence-corrected chi connectivity index (χ1v) is 8.95. The average molecular weight is 324 g/mol. The van der Waals surface area contributed by atoms with Gasteiger partial charge in [0.25, 0.3) is 0 Å². The normalized spacial score (nSPS) is 35.5. The Balaban J connectivity index is 1.66. The molecule has 0 radical (unpaired) electrons. The van der Waals surface area contributed by atoms with Gasteiger partial charge in [-0.3, -0.25) is 4.90 Å². The van der Waals surface area contributed by atoms with Crippen LogP contribution in [0.4, 0.5) is 0 Å². The third kappa shape index (κ3) is 1.76. The molecule has 126 valence electrons. The fraction of sp³-hybridized carbons (Fsp3) is 0.500. The lowest BCUT2D eigenvalue weighted by Crippen LogP contribution is -2.60. The summed E-state index contributed by atoms with van der Waals surface area (Å²) in [6, 6.07) is 7.24. The van der Waals surface area contributed by atoms with Gasteiger partial charge in [0, 0.05) is 41.7 Å². The predicted octanol–water partition coefficient (Wildman–Crippen LogP) is 3.03. The molecule has 1 aromatic carbocycles. The van der Waals surface area contributed by atoms with Crippen LogP contribution in [0.2, 0.25) is 0 Å². The number of nitrogens with zero attached hydrogens (tertiary/aromatic N) is 1. The zero-order chi connectivity index (χ0) is 16.4. The summed E-state index contributed by atoms with van der Waals surface area (Å²) < 4.78 is 5.43. The molecule has 3 saturated heterocycles. The van der Waals surface area contributed by atoms with E-state index in [9.17, 15) is 5.11 Å². The number of aliphatic hydroxyl groups excluding tert-OH is 1. The summed E-state index contributed by atoms with van der Waals surface area (Å²) in [7, 11) is 1.72. The second kappa shape index (κ2) is 5.11. The Hall–Kier alpha value is -1.78. The fourth-order valence-electron chi connectivity index (χ4n) is 5.47. The van der Waals surface area contributed by atoms with Crippen LogP contribution in [-0.4, -0.2) is 41.3 Å². The molecule has 4 bridgehead atoms. The van der Waals surface area contributed by atoms with E-state index in [4.69, 9.17) is 4.74 Å². The fourth-order valence-corrected chi connectivity index (χ4v) is 5.47. The summed E-state index contributed by atoms with van der Waals surface area (Å²) >= 11 is 0. The molecule has 0 saturated carbocycles. The second-order valence-electron chi connectivity index (χ2n) is 7.44. The number of piperidine rings is 3. The van der Waals surface area contributed by atoms with Gasteiger partial charge in [0.2, 0.25) is 0 Å². The standard InChI is InChI=1S/C20H24N2O2/c1-3-11-9-22-18-8-15-14-6-12(24-2)4-5-17(14)21-20(15)19(22)7-13(11)16(18)10-23/h3-6,13,16,18-19,21,23H,7-10H2,1-2H3/b11-3+/t13-,16-,18+,19+/m1/s1. The SMILES string of the molecule is C/C=C1\CN2[C@H]3C[C@H]1[C@@H](CO)[C@@H]2Cc1c3[nH]c2ccc(OC)cc12. The van der Waals surface area contributed by atoms with Gasteiger partial charge in [-0.2, -0.15) is 0 Å². The molecule has 2 aromatic rings. The molecule has 5 heterocycles. The van der Waals surface area contributed by atoms with Gasteiger partial charge in [-0.15, -0.1) is 0 Å². The quantitative estimate of drug-likeness (QED) is 0.835. The van der Waals surface area contributed by atoms with Gasteiger partial charge in [-0.1, -0.05) is 11.6 Å². The van der Waals surface area contributed by atoms with Gasteiger partial charge >= 0.3 is 0 Å². The van der Waals surface area contributed by atoms with Crippen molar-refractivity contribution in [3.63, 3.8) is 0 Å². The van der Waals surface area contributed by atoms with Gasteiger partial charge < -0.3 is 14.8 Å². The summed E-state index contributed by atoms with van der Waals surface area (Å²) in [6.45, 7) is 3.49. The Morgan fingerprint density at radius 3 is 3.04 bits per heavy atom. The molecule has 24 heavy (non-hydrogen) atoms. The molecule has 4 aliphatic rings. The molecule has 5 atom stereocenters. The Labute approximate surface area is 142 Å². The molecule has 0 spiro atoms. The third-order valence-electron chi connectivity index (χ3n) is 6.63. The first kappa shape index (κ1) is 14.6. The van der Waals surface area contributed by atoms with Crippen molar-refractivity contribution >= 4 is 10.9 Å². The van der Waals surface area contributed by atoms with Crippen molar-refractivity contribution in [1.82, 2.24) is 9.88 Å². The predicted molar refractivity (Wildman–Crippen MR) is 94.2 cm³/mol. The van der Waals surface area contributed by atoms with Crippen molar-refractivity contribution in [2.75, 3.05) is 20.3 Å². The molecule has 1 aromatic heterocycles. The van der Waals surface area contributed by atoms with E-state index in [0.29, 0.717) is 23.9 Å². The second-order valence-corrected chi connectivity index (χ2v) is 7.44. The van der Waals surface area contributed by atoms with Gasteiger partial charge in [0.1, 0.15) is 5.75 Å². The maximum Gasteiger partial charge on any atom is 0.119 e. The minimum absolute atomic E-state index is 0.289. The summed E-state index contributed by atoms with van der Waals surface area (Å²) in [5, 5.41) is 11.3. The number of H-pyrrole nitrogens is 1. The van der Waals surface area contributed by atoms with Gasteiger partial charge in [0.15, 0.2) is 0 Å². The first-order chi connectivity index (χ1) is 11.7. The molecule has 6 rings (SSSR count). The molecule has 0 amide bonds. The number of aromatic amines is 1. The maximum atomic E-state index is 10.1. The van der Waals surface area contributed by atoms with Crippen LogP contribution in [-0.2, 0) is 6.42 Å². The van der Waals surface area contributed by atoms with E-state index in [0.717, 1.165) is 25.1 Å². The Bertz CT molecular complexity index is 838. The number of hydrogen-bond acceptors (Lipinski definition) is 3. The van der Waals surface area contributed by atoms with E-state index in [-0.39, 0.29) is 6.61 Å².